The number of ether oxygens (including phenoxy) is 1. The molecule has 1 fully saturated rings. The highest BCUT2D eigenvalue weighted by molar-refractivity contribution is 7.98. The molecule has 1 saturated heterocycles. The van der Waals surface area contributed by atoms with Gasteiger partial charge in [0.15, 0.2) is 0 Å². The van der Waals surface area contributed by atoms with Gasteiger partial charge in [-0.25, -0.2) is 0 Å². The molecule has 0 aromatic heterocycles. The van der Waals surface area contributed by atoms with Crippen molar-refractivity contribution in [2.45, 2.75) is 43.0 Å². The summed E-state index contributed by atoms with van der Waals surface area (Å²) >= 11 is 7.93. The zero-order valence-electron chi connectivity index (χ0n) is 16.8. The zero-order valence-corrected chi connectivity index (χ0v) is 18.4. The van der Waals surface area contributed by atoms with Gasteiger partial charge in [-0.15, -0.1) is 11.8 Å². The van der Waals surface area contributed by atoms with Crippen molar-refractivity contribution in [2.75, 3.05) is 26.0 Å². The molecular weight excluding hydrogens is 390 g/mol. The molecule has 0 N–H and O–H groups in total. The number of rotatable bonds is 7. The van der Waals surface area contributed by atoms with Crippen LogP contribution >= 0.6 is 23.4 Å². The van der Waals surface area contributed by atoms with E-state index < -0.39 is 5.41 Å². The topological polar surface area (TPSA) is 29.5 Å². The van der Waals surface area contributed by atoms with E-state index in [1.54, 1.807) is 11.8 Å². The van der Waals surface area contributed by atoms with Crippen LogP contribution in [0.2, 0.25) is 5.02 Å². The minimum absolute atomic E-state index is 0.297. The second-order valence-corrected chi connectivity index (χ2v) is 8.92. The van der Waals surface area contributed by atoms with E-state index in [4.69, 9.17) is 16.3 Å². The summed E-state index contributed by atoms with van der Waals surface area (Å²) in [6.07, 6.45) is 4.82. The van der Waals surface area contributed by atoms with Gasteiger partial charge in [-0.1, -0.05) is 17.7 Å². The van der Waals surface area contributed by atoms with Crippen LogP contribution in [-0.4, -0.2) is 43.2 Å². The Morgan fingerprint density at radius 3 is 2.50 bits per heavy atom. The Balaban J connectivity index is 1.60. The second-order valence-electron chi connectivity index (χ2n) is 7.60. The number of hydrogen-bond donors (Lipinski definition) is 0. The minimum atomic E-state index is -0.431. The first-order valence-electron chi connectivity index (χ1n) is 9.71. The predicted octanol–water partition coefficient (Wildman–Crippen LogP) is 5.37. The number of carbonyl (C=O) groups excluding carboxylic acids is 1. The number of halogens is 1. The largest absolute Gasteiger partial charge is 0.492 e. The van der Waals surface area contributed by atoms with E-state index >= 15 is 0 Å². The molecule has 2 aromatic rings. The Morgan fingerprint density at radius 1 is 1.21 bits per heavy atom. The van der Waals surface area contributed by atoms with E-state index in [1.807, 2.05) is 30.3 Å². The Bertz CT molecular complexity index is 801. The number of carbonyl (C=O) groups is 1. The molecule has 0 aliphatic carbocycles. The molecule has 0 radical (unpaired) electrons. The number of thioether (sulfide) groups is 1. The summed E-state index contributed by atoms with van der Waals surface area (Å²) in [6, 6.07) is 14.4. The number of aryl methyl sites for hydroxylation is 1. The maximum atomic E-state index is 12.1. The van der Waals surface area contributed by atoms with E-state index in [9.17, 15) is 4.79 Å². The first-order chi connectivity index (χ1) is 13.5. The van der Waals surface area contributed by atoms with Crippen LogP contribution < -0.4 is 4.74 Å². The van der Waals surface area contributed by atoms with Gasteiger partial charge in [-0.05, 0) is 93.6 Å². The first-order valence-corrected chi connectivity index (χ1v) is 11.3. The highest BCUT2D eigenvalue weighted by Gasteiger charge is 2.38. The molecule has 1 aliphatic rings. The molecule has 2 aromatic carbocycles. The van der Waals surface area contributed by atoms with Gasteiger partial charge in [0.25, 0.3) is 0 Å². The molecule has 5 heteroatoms. The van der Waals surface area contributed by atoms with Crippen molar-refractivity contribution in [3.63, 3.8) is 0 Å². The van der Waals surface area contributed by atoms with Crippen molar-refractivity contribution >= 4 is 29.6 Å². The van der Waals surface area contributed by atoms with Gasteiger partial charge in [0.1, 0.15) is 18.6 Å². The van der Waals surface area contributed by atoms with E-state index in [2.05, 4.69) is 37.1 Å². The Kier molecular flexibility index (Phi) is 7.08. The van der Waals surface area contributed by atoms with Crippen LogP contribution in [0.3, 0.4) is 0 Å². The van der Waals surface area contributed by atoms with Crippen molar-refractivity contribution in [1.82, 2.24) is 4.90 Å². The van der Waals surface area contributed by atoms with Crippen LogP contribution in [0, 0.1) is 6.92 Å². The van der Waals surface area contributed by atoms with Crippen LogP contribution in [0.5, 0.6) is 5.75 Å². The molecule has 1 aliphatic heterocycles. The van der Waals surface area contributed by atoms with Crippen molar-refractivity contribution in [1.29, 1.82) is 0 Å². The van der Waals surface area contributed by atoms with E-state index in [0.717, 1.165) is 49.1 Å². The molecule has 150 valence electrons. The standard InChI is InChI=1S/C23H28ClNO2S/c1-17-4-5-19(24)14-22(17)23(16-26)10-12-25(13-11-23)18(2)15-27-20-6-8-21(28-3)9-7-20/h4-9,14,16,18H,10-13,15H2,1-3H3. The molecule has 3 nitrogen and oxygen atoms in total. The Morgan fingerprint density at radius 2 is 1.89 bits per heavy atom. The fraction of sp³-hybridized carbons (Fsp3) is 0.435. The third-order valence-corrected chi connectivity index (χ3v) is 6.80. The molecular formula is C23H28ClNO2S. The number of piperidine rings is 1. The maximum absolute atomic E-state index is 12.1. The van der Waals surface area contributed by atoms with Crippen LogP contribution in [0.1, 0.15) is 30.9 Å². The lowest BCUT2D eigenvalue weighted by Crippen LogP contribution is -2.48. The zero-order chi connectivity index (χ0) is 20.1. The van der Waals surface area contributed by atoms with Crippen molar-refractivity contribution in [2.24, 2.45) is 0 Å². The number of aldehydes is 1. The van der Waals surface area contributed by atoms with E-state index in [-0.39, 0.29) is 0 Å². The molecule has 1 unspecified atom stereocenters. The molecule has 3 rings (SSSR count). The van der Waals surface area contributed by atoms with Gasteiger partial charge >= 0.3 is 0 Å². The van der Waals surface area contributed by atoms with Crippen LogP contribution in [0.15, 0.2) is 47.4 Å². The van der Waals surface area contributed by atoms with Gasteiger partial charge < -0.3 is 9.53 Å². The Hall–Kier alpha value is -1.49. The lowest BCUT2D eigenvalue weighted by atomic mass is 9.72. The lowest BCUT2D eigenvalue weighted by molar-refractivity contribution is -0.114. The number of nitrogens with zero attached hydrogens (tertiary/aromatic N) is 1. The third kappa shape index (κ3) is 4.73. The summed E-state index contributed by atoms with van der Waals surface area (Å²) in [4.78, 5) is 15.7. The predicted molar refractivity (Wildman–Crippen MR) is 118 cm³/mol. The highest BCUT2D eigenvalue weighted by Crippen LogP contribution is 2.37. The second kappa shape index (κ2) is 9.34. The number of benzene rings is 2. The monoisotopic (exact) mass is 417 g/mol. The fourth-order valence-corrected chi connectivity index (χ4v) is 4.52. The Labute approximate surface area is 177 Å². The molecule has 0 amide bonds. The fourth-order valence-electron chi connectivity index (χ4n) is 3.94. The summed E-state index contributed by atoms with van der Waals surface area (Å²) in [6.45, 7) is 6.64. The van der Waals surface area contributed by atoms with Crippen LogP contribution in [-0.2, 0) is 10.2 Å². The average molecular weight is 418 g/mol. The summed E-state index contributed by atoms with van der Waals surface area (Å²) in [5, 5.41) is 0.693. The maximum Gasteiger partial charge on any atom is 0.130 e. The van der Waals surface area contributed by atoms with Crippen LogP contribution in [0.25, 0.3) is 0 Å². The van der Waals surface area contributed by atoms with Gasteiger partial charge in [0.05, 0.1) is 5.41 Å². The molecule has 28 heavy (non-hydrogen) atoms. The number of hydrogen-bond acceptors (Lipinski definition) is 4. The third-order valence-electron chi connectivity index (χ3n) is 5.83. The van der Waals surface area contributed by atoms with Gasteiger partial charge in [-0.2, -0.15) is 0 Å². The van der Waals surface area contributed by atoms with Gasteiger partial charge in [0, 0.05) is 16.0 Å². The molecule has 0 spiro atoms. The van der Waals surface area contributed by atoms with Crippen LogP contribution in [0.4, 0.5) is 0 Å². The normalized spacial score (nSPS) is 17.9. The van der Waals surface area contributed by atoms with Crippen molar-refractivity contribution in [3.05, 3.63) is 58.6 Å². The summed E-state index contributed by atoms with van der Waals surface area (Å²) in [7, 11) is 0. The summed E-state index contributed by atoms with van der Waals surface area (Å²) in [5.74, 6) is 0.901. The SMILES string of the molecule is CSc1ccc(OCC(C)N2CCC(C=O)(c3cc(Cl)ccc3C)CC2)cc1. The quantitative estimate of drug-likeness (QED) is 0.447. The molecule has 0 bridgehead atoms. The molecule has 0 saturated carbocycles. The minimum Gasteiger partial charge on any atom is -0.492 e. The lowest BCUT2D eigenvalue weighted by Gasteiger charge is -2.41. The van der Waals surface area contributed by atoms with Gasteiger partial charge in [0.2, 0.25) is 0 Å². The molecule has 1 atom stereocenters. The van der Waals surface area contributed by atoms with E-state index in [1.165, 1.54) is 4.90 Å². The average Bonchev–Trinajstić information content (AvgIpc) is 2.74. The number of likely N-dealkylation sites (tertiary alicyclic amines) is 1. The van der Waals surface area contributed by atoms with Crippen molar-refractivity contribution < 1.29 is 9.53 Å². The van der Waals surface area contributed by atoms with Crippen molar-refractivity contribution in [3.8, 4) is 5.75 Å². The summed E-state index contributed by atoms with van der Waals surface area (Å²) < 4.78 is 5.98. The summed E-state index contributed by atoms with van der Waals surface area (Å²) in [5.41, 5.74) is 1.78. The van der Waals surface area contributed by atoms with E-state index in [0.29, 0.717) is 17.7 Å². The van der Waals surface area contributed by atoms with Gasteiger partial charge in [-0.3, -0.25) is 4.90 Å². The highest BCUT2D eigenvalue weighted by atomic mass is 35.5. The smallest absolute Gasteiger partial charge is 0.130 e. The first kappa shape index (κ1) is 21.2. The molecule has 1 heterocycles.